The first-order chi connectivity index (χ1) is 18.8. The van der Waals surface area contributed by atoms with Gasteiger partial charge in [0.2, 0.25) is 11.8 Å². The zero-order valence-corrected chi connectivity index (χ0v) is 24.0. The molecule has 9 nitrogen and oxygen atoms in total. The van der Waals surface area contributed by atoms with Crippen LogP contribution in [-0.4, -0.2) is 62.7 Å². The van der Waals surface area contributed by atoms with Crippen molar-refractivity contribution < 1.29 is 19.1 Å². The molecule has 0 unspecified atom stereocenters. The predicted octanol–water partition coefficient (Wildman–Crippen LogP) is 3.69. The quantitative estimate of drug-likeness (QED) is 0.451. The Kier molecular flexibility index (Phi) is 9.67. The number of nitrogens with one attached hydrogen (secondary N) is 2. The molecule has 2 amide bonds. The van der Waals surface area contributed by atoms with Gasteiger partial charge in [0.15, 0.2) is 11.5 Å². The van der Waals surface area contributed by atoms with Crippen molar-refractivity contribution in [1.82, 2.24) is 15.6 Å². The first-order valence-electron chi connectivity index (χ1n) is 14.1. The SMILES string of the molecule is CCNC(=O)CNC1CCC(CN(C)c2ccc(N3Cc4cc(OC(C)C)c(OC)cc4CC3=O)cn2)CC1. The van der Waals surface area contributed by atoms with Crippen LogP contribution in [0.25, 0.3) is 0 Å². The van der Waals surface area contributed by atoms with Crippen molar-refractivity contribution in [3.63, 3.8) is 0 Å². The Morgan fingerprint density at radius 1 is 1.15 bits per heavy atom. The van der Waals surface area contributed by atoms with Gasteiger partial charge in [-0.2, -0.15) is 0 Å². The van der Waals surface area contributed by atoms with E-state index in [0.29, 0.717) is 49.5 Å². The molecule has 212 valence electrons. The molecule has 1 aliphatic heterocycles. The van der Waals surface area contributed by atoms with E-state index in [2.05, 4.69) is 22.6 Å². The van der Waals surface area contributed by atoms with Crippen LogP contribution in [0.5, 0.6) is 11.5 Å². The third-order valence-electron chi connectivity index (χ3n) is 7.56. The van der Waals surface area contributed by atoms with Crippen molar-refractivity contribution in [3.05, 3.63) is 41.6 Å². The average molecular weight is 538 g/mol. The molecule has 0 saturated heterocycles. The highest BCUT2D eigenvalue weighted by Crippen LogP contribution is 2.36. The molecular weight excluding hydrogens is 494 g/mol. The van der Waals surface area contributed by atoms with Gasteiger partial charge in [-0.15, -0.1) is 0 Å². The minimum absolute atomic E-state index is 0.0255. The number of methoxy groups -OCH3 is 1. The van der Waals surface area contributed by atoms with Gasteiger partial charge in [-0.25, -0.2) is 4.98 Å². The Balaban J connectivity index is 1.33. The molecule has 2 heterocycles. The molecule has 9 heteroatoms. The second-order valence-electron chi connectivity index (χ2n) is 10.9. The highest BCUT2D eigenvalue weighted by atomic mass is 16.5. The topological polar surface area (TPSA) is 96.0 Å². The number of likely N-dealkylation sites (N-methyl/N-ethyl adjacent to an activating group) is 1. The minimum Gasteiger partial charge on any atom is -0.493 e. The number of hydrogen-bond donors (Lipinski definition) is 2. The zero-order chi connectivity index (χ0) is 27.9. The molecule has 1 aromatic heterocycles. The highest BCUT2D eigenvalue weighted by molar-refractivity contribution is 5.96. The van der Waals surface area contributed by atoms with Crippen LogP contribution in [0.2, 0.25) is 0 Å². The Morgan fingerprint density at radius 2 is 1.90 bits per heavy atom. The smallest absolute Gasteiger partial charge is 0.233 e. The molecule has 1 aromatic carbocycles. The Hall–Kier alpha value is -3.33. The summed E-state index contributed by atoms with van der Waals surface area (Å²) in [4.78, 5) is 33.4. The number of aromatic nitrogens is 1. The van der Waals surface area contributed by atoms with E-state index in [1.807, 2.05) is 45.0 Å². The van der Waals surface area contributed by atoms with Crippen LogP contribution >= 0.6 is 0 Å². The van der Waals surface area contributed by atoms with Crippen molar-refractivity contribution in [2.24, 2.45) is 5.92 Å². The fourth-order valence-corrected chi connectivity index (χ4v) is 5.50. The predicted molar refractivity (Wildman–Crippen MR) is 154 cm³/mol. The lowest BCUT2D eigenvalue weighted by Gasteiger charge is -2.32. The van der Waals surface area contributed by atoms with Crippen molar-refractivity contribution in [2.75, 3.05) is 43.6 Å². The van der Waals surface area contributed by atoms with Crippen molar-refractivity contribution in [3.8, 4) is 11.5 Å². The van der Waals surface area contributed by atoms with E-state index in [4.69, 9.17) is 14.5 Å². The normalized spacial score (nSPS) is 19.0. The van der Waals surface area contributed by atoms with Crippen molar-refractivity contribution >= 4 is 23.3 Å². The van der Waals surface area contributed by atoms with Crippen LogP contribution in [-0.2, 0) is 22.6 Å². The number of nitrogens with zero attached hydrogens (tertiary/aromatic N) is 3. The lowest BCUT2D eigenvalue weighted by molar-refractivity contribution is -0.120. The molecule has 0 spiro atoms. The van der Waals surface area contributed by atoms with Crippen LogP contribution in [0.15, 0.2) is 30.5 Å². The Morgan fingerprint density at radius 3 is 2.54 bits per heavy atom. The largest absolute Gasteiger partial charge is 0.493 e. The van der Waals surface area contributed by atoms with Gasteiger partial charge >= 0.3 is 0 Å². The number of hydrogen-bond acceptors (Lipinski definition) is 7. The summed E-state index contributed by atoms with van der Waals surface area (Å²) in [5, 5.41) is 6.23. The van der Waals surface area contributed by atoms with Crippen LogP contribution < -0.4 is 29.9 Å². The molecule has 1 aliphatic carbocycles. The molecule has 1 fully saturated rings. The monoisotopic (exact) mass is 537 g/mol. The average Bonchev–Trinajstić information content (AvgIpc) is 2.92. The number of pyridine rings is 1. The fraction of sp³-hybridized carbons (Fsp3) is 0.567. The number of carbonyl (C=O) groups is 2. The summed E-state index contributed by atoms with van der Waals surface area (Å²) < 4.78 is 11.4. The number of fused-ring (bicyclic) bond motifs is 1. The van der Waals surface area contributed by atoms with Crippen LogP contribution in [0.4, 0.5) is 11.5 Å². The van der Waals surface area contributed by atoms with E-state index in [1.54, 1.807) is 18.2 Å². The van der Waals surface area contributed by atoms with Gasteiger partial charge in [-0.3, -0.25) is 9.59 Å². The van der Waals surface area contributed by atoms with Crippen LogP contribution in [0.1, 0.15) is 57.6 Å². The molecule has 0 atom stereocenters. The van der Waals surface area contributed by atoms with Crippen molar-refractivity contribution in [2.45, 2.75) is 71.6 Å². The summed E-state index contributed by atoms with van der Waals surface area (Å²) in [6.07, 6.45) is 6.56. The van der Waals surface area contributed by atoms with E-state index in [0.717, 1.165) is 54.9 Å². The first kappa shape index (κ1) is 28.7. The van der Waals surface area contributed by atoms with E-state index in [-0.39, 0.29) is 17.9 Å². The highest BCUT2D eigenvalue weighted by Gasteiger charge is 2.27. The maximum atomic E-state index is 13.0. The lowest BCUT2D eigenvalue weighted by Crippen LogP contribution is -2.41. The van der Waals surface area contributed by atoms with Gasteiger partial charge in [0.25, 0.3) is 0 Å². The maximum absolute atomic E-state index is 13.0. The van der Waals surface area contributed by atoms with Crippen LogP contribution in [0.3, 0.4) is 0 Å². The summed E-state index contributed by atoms with van der Waals surface area (Å²) in [6.45, 7) is 8.38. The third kappa shape index (κ3) is 7.41. The second-order valence-corrected chi connectivity index (χ2v) is 10.9. The molecule has 0 bridgehead atoms. The molecule has 39 heavy (non-hydrogen) atoms. The second kappa shape index (κ2) is 13.2. The minimum atomic E-state index is 0.0255. The van der Waals surface area contributed by atoms with E-state index in [1.165, 1.54) is 0 Å². The molecule has 2 aliphatic rings. The standard InChI is InChI=1S/C30H43N5O4/c1-6-31-29(36)17-32-24-9-7-21(8-10-24)18-34(4)28-12-11-25(16-33-28)35-19-23-14-27(39-20(2)3)26(38-5)13-22(23)15-30(35)37/h11-14,16,20-21,24,32H,6-10,15,17-19H2,1-5H3,(H,31,36). The number of ether oxygens (including phenoxy) is 2. The van der Waals surface area contributed by atoms with Gasteiger partial charge in [-0.05, 0) is 87.8 Å². The number of carbonyl (C=O) groups excluding carboxylic acids is 2. The first-order valence-corrected chi connectivity index (χ1v) is 14.1. The summed E-state index contributed by atoms with van der Waals surface area (Å²) in [7, 11) is 3.70. The van der Waals surface area contributed by atoms with E-state index < -0.39 is 0 Å². The molecule has 2 N–H and O–H groups in total. The number of benzene rings is 1. The Bertz CT molecular complexity index is 1130. The number of amides is 2. The van der Waals surface area contributed by atoms with Gasteiger partial charge in [0.1, 0.15) is 5.82 Å². The van der Waals surface area contributed by atoms with Gasteiger partial charge in [0.05, 0.1) is 44.6 Å². The molecule has 2 aromatic rings. The van der Waals surface area contributed by atoms with E-state index >= 15 is 0 Å². The summed E-state index contributed by atoms with van der Waals surface area (Å²) in [5.41, 5.74) is 2.83. The zero-order valence-electron chi connectivity index (χ0n) is 24.0. The molecule has 0 radical (unpaired) electrons. The summed E-state index contributed by atoms with van der Waals surface area (Å²) in [5.74, 6) is 2.96. The molecule has 4 rings (SSSR count). The number of anilines is 2. The van der Waals surface area contributed by atoms with Gasteiger partial charge in [-0.1, -0.05) is 0 Å². The van der Waals surface area contributed by atoms with Gasteiger partial charge < -0.3 is 29.9 Å². The molecular formula is C30H43N5O4. The third-order valence-corrected chi connectivity index (χ3v) is 7.56. The lowest BCUT2D eigenvalue weighted by atomic mass is 9.85. The van der Waals surface area contributed by atoms with Crippen molar-refractivity contribution in [1.29, 1.82) is 0 Å². The maximum Gasteiger partial charge on any atom is 0.233 e. The Labute approximate surface area is 232 Å². The number of rotatable bonds is 11. The molecule has 1 saturated carbocycles. The van der Waals surface area contributed by atoms with Crippen LogP contribution in [0, 0.1) is 5.92 Å². The summed E-state index contributed by atoms with van der Waals surface area (Å²) in [6, 6.07) is 8.31. The fourth-order valence-electron chi connectivity index (χ4n) is 5.50. The van der Waals surface area contributed by atoms with Gasteiger partial charge in [0, 0.05) is 26.2 Å². The van der Waals surface area contributed by atoms with E-state index in [9.17, 15) is 9.59 Å². The summed E-state index contributed by atoms with van der Waals surface area (Å²) >= 11 is 0.